The van der Waals surface area contributed by atoms with Crippen molar-refractivity contribution in [1.29, 1.82) is 0 Å². The van der Waals surface area contributed by atoms with Gasteiger partial charge in [0.2, 0.25) is 0 Å². The van der Waals surface area contributed by atoms with E-state index in [1.807, 2.05) is 0 Å². The SMILES string of the molecule is COc1ccc(OCC(=O)N2CCN(C(=O)COc3ccc(OC)cc3)CC2)cc1. The molecule has 2 aromatic carbocycles. The summed E-state index contributed by atoms with van der Waals surface area (Å²) in [6, 6.07) is 14.1. The maximum absolute atomic E-state index is 12.4. The van der Waals surface area contributed by atoms with Crippen molar-refractivity contribution in [3.8, 4) is 23.0 Å². The highest BCUT2D eigenvalue weighted by atomic mass is 16.5. The summed E-state index contributed by atoms with van der Waals surface area (Å²) in [6.07, 6.45) is 0. The van der Waals surface area contributed by atoms with Crippen molar-refractivity contribution >= 4 is 11.8 Å². The summed E-state index contributed by atoms with van der Waals surface area (Å²) in [5.41, 5.74) is 0. The number of carbonyl (C=O) groups excluding carboxylic acids is 2. The third-order valence-electron chi connectivity index (χ3n) is 4.83. The topological polar surface area (TPSA) is 77.5 Å². The second-order valence-electron chi connectivity index (χ2n) is 6.69. The van der Waals surface area contributed by atoms with Gasteiger partial charge >= 0.3 is 0 Å². The first-order valence-electron chi connectivity index (χ1n) is 9.68. The monoisotopic (exact) mass is 414 g/mol. The largest absolute Gasteiger partial charge is 0.497 e. The van der Waals surface area contributed by atoms with Gasteiger partial charge in [0, 0.05) is 26.2 Å². The fourth-order valence-electron chi connectivity index (χ4n) is 3.02. The number of carbonyl (C=O) groups is 2. The second-order valence-corrected chi connectivity index (χ2v) is 6.69. The molecule has 160 valence electrons. The Hall–Kier alpha value is -3.42. The van der Waals surface area contributed by atoms with Crippen LogP contribution in [0, 0.1) is 0 Å². The lowest BCUT2D eigenvalue weighted by atomic mass is 10.3. The molecule has 0 spiro atoms. The summed E-state index contributed by atoms with van der Waals surface area (Å²) >= 11 is 0. The Kier molecular flexibility index (Phi) is 7.37. The Balaban J connectivity index is 1.38. The highest BCUT2D eigenvalue weighted by Crippen LogP contribution is 2.18. The molecule has 0 unspecified atom stereocenters. The average Bonchev–Trinajstić information content (AvgIpc) is 2.81. The molecule has 1 aliphatic heterocycles. The zero-order valence-corrected chi connectivity index (χ0v) is 17.2. The fraction of sp³-hybridized carbons (Fsp3) is 0.364. The zero-order chi connectivity index (χ0) is 21.3. The van der Waals surface area contributed by atoms with E-state index in [-0.39, 0.29) is 25.0 Å². The van der Waals surface area contributed by atoms with Crippen LogP contribution in [0.1, 0.15) is 0 Å². The molecule has 0 radical (unpaired) electrons. The summed E-state index contributed by atoms with van der Waals surface area (Å²) in [4.78, 5) is 28.2. The molecular formula is C22H26N2O6. The summed E-state index contributed by atoms with van der Waals surface area (Å²) in [5.74, 6) is 2.46. The van der Waals surface area contributed by atoms with Crippen LogP contribution in [0.3, 0.4) is 0 Å². The van der Waals surface area contributed by atoms with Crippen LogP contribution in [0.4, 0.5) is 0 Å². The minimum atomic E-state index is -0.104. The molecule has 0 atom stereocenters. The van der Waals surface area contributed by atoms with E-state index in [0.717, 1.165) is 11.5 Å². The fourth-order valence-corrected chi connectivity index (χ4v) is 3.02. The first-order valence-corrected chi connectivity index (χ1v) is 9.68. The van der Waals surface area contributed by atoms with Crippen molar-refractivity contribution in [3.05, 3.63) is 48.5 Å². The van der Waals surface area contributed by atoms with Crippen molar-refractivity contribution in [2.45, 2.75) is 0 Å². The zero-order valence-electron chi connectivity index (χ0n) is 17.2. The third kappa shape index (κ3) is 5.79. The molecule has 8 nitrogen and oxygen atoms in total. The quantitative estimate of drug-likeness (QED) is 0.656. The lowest BCUT2D eigenvalue weighted by Gasteiger charge is -2.34. The van der Waals surface area contributed by atoms with Crippen LogP contribution in [0.5, 0.6) is 23.0 Å². The summed E-state index contributed by atoms with van der Waals surface area (Å²) in [5, 5.41) is 0. The number of nitrogens with zero attached hydrogens (tertiary/aromatic N) is 2. The van der Waals surface area contributed by atoms with Crippen LogP contribution in [-0.4, -0.2) is 75.2 Å². The first-order chi connectivity index (χ1) is 14.6. The van der Waals surface area contributed by atoms with Gasteiger partial charge in [-0.15, -0.1) is 0 Å². The highest BCUT2D eigenvalue weighted by Gasteiger charge is 2.24. The van der Waals surface area contributed by atoms with E-state index in [4.69, 9.17) is 18.9 Å². The van der Waals surface area contributed by atoms with E-state index in [0.29, 0.717) is 37.7 Å². The number of benzene rings is 2. The van der Waals surface area contributed by atoms with Crippen molar-refractivity contribution < 1.29 is 28.5 Å². The minimum absolute atomic E-state index is 0.0408. The maximum atomic E-state index is 12.4. The average molecular weight is 414 g/mol. The van der Waals surface area contributed by atoms with Crippen LogP contribution in [0.15, 0.2) is 48.5 Å². The van der Waals surface area contributed by atoms with Crippen LogP contribution in [0.2, 0.25) is 0 Å². The molecular weight excluding hydrogens is 388 g/mol. The van der Waals surface area contributed by atoms with Crippen LogP contribution in [0.25, 0.3) is 0 Å². The second kappa shape index (κ2) is 10.4. The van der Waals surface area contributed by atoms with Crippen LogP contribution >= 0.6 is 0 Å². The summed E-state index contributed by atoms with van der Waals surface area (Å²) < 4.78 is 21.3. The number of methoxy groups -OCH3 is 2. The number of piperazine rings is 1. The van der Waals surface area contributed by atoms with Gasteiger partial charge in [-0.3, -0.25) is 9.59 Å². The van der Waals surface area contributed by atoms with Crippen LogP contribution < -0.4 is 18.9 Å². The molecule has 2 aromatic rings. The van der Waals surface area contributed by atoms with E-state index in [1.165, 1.54) is 0 Å². The predicted molar refractivity (Wildman–Crippen MR) is 110 cm³/mol. The van der Waals surface area contributed by atoms with E-state index >= 15 is 0 Å². The minimum Gasteiger partial charge on any atom is -0.497 e. The molecule has 2 amide bonds. The molecule has 0 N–H and O–H groups in total. The molecule has 8 heteroatoms. The number of amides is 2. The van der Waals surface area contributed by atoms with Gasteiger partial charge in [-0.1, -0.05) is 0 Å². The molecule has 30 heavy (non-hydrogen) atoms. The molecule has 0 aromatic heterocycles. The number of hydrogen-bond donors (Lipinski definition) is 0. The normalized spacial score (nSPS) is 13.5. The van der Waals surface area contributed by atoms with Crippen molar-refractivity contribution in [1.82, 2.24) is 9.80 Å². The summed E-state index contributed by atoms with van der Waals surface area (Å²) in [6.45, 7) is 1.80. The van der Waals surface area contributed by atoms with Crippen LogP contribution in [-0.2, 0) is 9.59 Å². The molecule has 0 saturated carbocycles. The van der Waals surface area contributed by atoms with Gasteiger partial charge in [-0.25, -0.2) is 0 Å². The number of rotatable bonds is 8. The Morgan fingerprint density at radius 3 is 1.23 bits per heavy atom. The third-order valence-corrected chi connectivity index (χ3v) is 4.83. The van der Waals surface area contributed by atoms with Crippen molar-refractivity contribution in [2.24, 2.45) is 0 Å². The van der Waals surface area contributed by atoms with Crippen molar-refractivity contribution in [3.63, 3.8) is 0 Å². The van der Waals surface area contributed by atoms with Gasteiger partial charge in [-0.2, -0.15) is 0 Å². The Labute approximate surface area is 175 Å². The number of ether oxygens (including phenoxy) is 4. The lowest BCUT2D eigenvalue weighted by Crippen LogP contribution is -2.52. The van der Waals surface area contributed by atoms with Gasteiger partial charge in [0.15, 0.2) is 13.2 Å². The van der Waals surface area contributed by atoms with Crippen molar-refractivity contribution in [2.75, 3.05) is 53.6 Å². The van der Waals surface area contributed by atoms with E-state index in [2.05, 4.69) is 0 Å². The van der Waals surface area contributed by atoms with E-state index < -0.39 is 0 Å². The van der Waals surface area contributed by atoms with Gasteiger partial charge in [0.1, 0.15) is 23.0 Å². The summed E-state index contributed by atoms with van der Waals surface area (Å²) in [7, 11) is 3.18. The number of hydrogen-bond acceptors (Lipinski definition) is 6. The predicted octanol–water partition coefficient (Wildman–Crippen LogP) is 1.83. The lowest BCUT2D eigenvalue weighted by molar-refractivity contribution is -0.141. The first kappa shape index (κ1) is 21.3. The van der Waals surface area contributed by atoms with Gasteiger partial charge in [0.05, 0.1) is 14.2 Å². The van der Waals surface area contributed by atoms with Gasteiger partial charge in [-0.05, 0) is 48.5 Å². The van der Waals surface area contributed by atoms with E-state index in [1.54, 1.807) is 72.6 Å². The van der Waals surface area contributed by atoms with E-state index in [9.17, 15) is 9.59 Å². The molecule has 1 aliphatic rings. The molecule has 1 fully saturated rings. The Morgan fingerprint density at radius 1 is 0.633 bits per heavy atom. The maximum Gasteiger partial charge on any atom is 0.260 e. The molecule has 0 bridgehead atoms. The molecule has 1 saturated heterocycles. The van der Waals surface area contributed by atoms with Gasteiger partial charge in [0.25, 0.3) is 11.8 Å². The molecule has 0 aliphatic carbocycles. The smallest absolute Gasteiger partial charge is 0.260 e. The molecule has 3 rings (SSSR count). The standard InChI is InChI=1S/C22H26N2O6/c1-27-17-3-7-19(8-4-17)29-15-21(25)23-11-13-24(14-12-23)22(26)16-30-20-9-5-18(28-2)6-10-20/h3-10H,11-16H2,1-2H3. The Morgan fingerprint density at radius 2 is 0.933 bits per heavy atom. The highest BCUT2D eigenvalue weighted by molar-refractivity contribution is 5.80. The Bertz CT molecular complexity index is 758. The van der Waals surface area contributed by atoms with Gasteiger partial charge < -0.3 is 28.7 Å². The molecule has 1 heterocycles.